The zero-order chi connectivity index (χ0) is 18.7. The Morgan fingerprint density at radius 3 is 2.54 bits per heavy atom. The molecule has 0 saturated heterocycles. The Morgan fingerprint density at radius 2 is 1.81 bits per heavy atom. The predicted molar refractivity (Wildman–Crippen MR) is 107 cm³/mol. The highest BCUT2D eigenvalue weighted by atomic mass is 32.2. The molecule has 5 heteroatoms. The van der Waals surface area contributed by atoms with Gasteiger partial charge < -0.3 is 0 Å². The fourth-order valence-corrected chi connectivity index (χ4v) is 3.78. The quantitative estimate of drug-likeness (QED) is 0.484. The lowest BCUT2D eigenvalue weighted by Gasteiger charge is -2.18. The summed E-state index contributed by atoms with van der Waals surface area (Å²) in [6.07, 6.45) is 0. The van der Waals surface area contributed by atoms with Crippen molar-refractivity contribution in [3.63, 3.8) is 0 Å². The van der Waals surface area contributed by atoms with E-state index in [1.807, 2.05) is 55.5 Å². The normalized spacial score (nSPS) is 12.3. The molecule has 0 radical (unpaired) electrons. The Hall–Kier alpha value is -2.58. The number of benzene rings is 2. The minimum atomic E-state index is -0.114. The van der Waals surface area contributed by atoms with Gasteiger partial charge in [0.15, 0.2) is 5.16 Å². The van der Waals surface area contributed by atoms with Gasteiger partial charge in [0.25, 0.3) is 5.56 Å². The molecule has 26 heavy (non-hydrogen) atoms. The molecular weight excluding hydrogens is 342 g/mol. The third-order valence-corrected chi connectivity index (χ3v) is 5.43. The van der Waals surface area contributed by atoms with Crippen molar-refractivity contribution in [3.8, 4) is 11.8 Å². The van der Waals surface area contributed by atoms with Gasteiger partial charge in [-0.25, -0.2) is 4.98 Å². The first-order valence-electron chi connectivity index (χ1n) is 8.66. The molecule has 1 aromatic heterocycles. The number of fused-ring (bicyclic) bond motifs is 1. The summed E-state index contributed by atoms with van der Waals surface area (Å²) in [7, 11) is 0. The van der Waals surface area contributed by atoms with E-state index in [2.05, 4.69) is 19.9 Å². The minimum absolute atomic E-state index is 0.0733. The summed E-state index contributed by atoms with van der Waals surface area (Å²) in [6.45, 7) is 6.10. The number of hydrogen-bond donors (Lipinski definition) is 0. The van der Waals surface area contributed by atoms with Crippen LogP contribution in [0.2, 0.25) is 0 Å². The summed E-state index contributed by atoms with van der Waals surface area (Å²) in [5, 5.41) is 10.3. The Kier molecular flexibility index (Phi) is 5.43. The van der Waals surface area contributed by atoms with Crippen LogP contribution >= 0.6 is 11.8 Å². The molecule has 0 aliphatic rings. The van der Waals surface area contributed by atoms with Gasteiger partial charge in [0.1, 0.15) is 0 Å². The summed E-state index contributed by atoms with van der Waals surface area (Å²) in [4.78, 5) is 18.0. The molecule has 3 rings (SSSR count). The lowest BCUT2D eigenvalue weighted by atomic mass is 10.0. The minimum Gasteiger partial charge on any atom is -0.268 e. The highest BCUT2D eigenvalue weighted by Crippen LogP contribution is 2.27. The first-order chi connectivity index (χ1) is 12.5. The van der Waals surface area contributed by atoms with Gasteiger partial charge in [0.05, 0.1) is 28.6 Å². The van der Waals surface area contributed by atoms with Gasteiger partial charge in [-0.15, -0.1) is 0 Å². The van der Waals surface area contributed by atoms with Crippen molar-refractivity contribution in [3.05, 3.63) is 64.4 Å². The highest BCUT2D eigenvalue weighted by molar-refractivity contribution is 7.99. The number of rotatable bonds is 5. The number of para-hydroxylation sites is 2. The topological polar surface area (TPSA) is 58.7 Å². The standard InChI is InChI=1S/C21H21N3OS/c1-14(2)16-8-5-7-11-19(16)24-20(25)17-9-4-6-10-18(17)23-21(24)26-13-15(3)12-22/h4-11,14-15H,13H2,1-3H3/t15-/m1/s1. The molecule has 3 aromatic rings. The number of aromatic nitrogens is 2. The molecule has 0 aliphatic heterocycles. The highest BCUT2D eigenvalue weighted by Gasteiger charge is 2.17. The van der Waals surface area contributed by atoms with Gasteiger partial charge in [-0.3, -0.25) is 9.36 Å². The second-order valence-corrected chi connectivity index (χ2v) is 7.59. The molecule has 2 aromatic carbocycles. The van der Waals surface area contributed by atoms with Crippen LogP contribution in [0.15, 0.2) is 58.5 Å². The van der Waals surface area contributed by atoms with Crippen LogP contribution in [0, 0.1) is 17.2 Å². The molecule has 0 unspecified atom stereocenters. The average molecular weight is 363 g/mol. The lowest BCUT2D eigenvalue weighted by Crippen LogP contribution is -2.23. The smallest absolute Gasteiger partial charge is 0.266 e. The number of nitriles is 1. The van der Waals surface area contributed by atoms with Gasteiger partial charge in [-0.2, -0.15) is 5.26 Å². The molecule has 0 fully saturated rings. The summed E-state index contributed by atoms with van der Waals surface area (Å²) < 4.78 is 1.70. The Balaban J connectivity index is 2.27. The van der Waals surface area contributed by atoms with E-state index in [0.29, 0.717) is 21.8 Å². The van der Waals surface area contributed by atoms with Crippen molar-refractivity contribution in [2.75, 3.05) is 5.75 Å². The van der Waals surface area contributed by atoms with E-state index in [1.165, 1.54) is 11.8 Å². The number of hydrogen-bond acceptors (Lipinski definition) is 4. The van der Waals surface area contributed by atoms with Crippen molar-refractivity contribution in [2.24, 2.45) is 5.92 Å². The van der Waals surface area contributed by atoms with Crippen molar-refractivity contribution >= 4 is 22.7 Å². The van der Waals surface area contributed by atoms with E-state index < -0.39 is 0 Å². The van der Waals surface area contributed by atoms with Crippen LogP contribution in [0.3, 0.4) is 0 Å². The van der Waals surface area contributed by atoms with Crippen molar-refractivity contribution < 1.29 is 0 Å². The number of nitrogens with zero attached hydrogens (tertiary/aromatic N) is 3. The van der Waals surface area contributed by atoms with Gasteiger partial charge in [0, 0.05) is 5.75 Å². The SMILES string of the molecule is CC(C)c1ccccc1-n1c(SC[C@H](C)C#N)nc2ccccc2c1=O. The van der Waals surface area contributed by atoms with E-state index in [0.717, 1.165) is 11.3 Å². The molecule has 0 spiro atoms. The molecular formula is C21H21N3OS. The van der Waals surface area contributed by atoms with Crippen molar-refractivity contribution in [1.82, 2.24) is 9.55 Å². The first-order valence-corrected chi connectivity index (χ1v) is 9.65. The van der Waals surface area contributed by atoms with Crippen LogP contribution in [-0.2, 0) is 0 Å². The van der Waals surface area contributed by atoms with E-state index in [1.54, 1.807) is 4.57 Å². The fraction of sp³-hybridized carbons (Fsp3) is 0.286. The van der Waals surface area contributed by atoms with Gasteiger partial charge in [-0.05, 0) is 36.6 Å². The van der Waals surface area contributed by atoms with Crippen LogP contribution in [0.1, 0.15) is 32.3 Å². The monoisotopic (exact) mass is 363 g/mol. The molecule has 0 amide bonds. The Bertz CT molecular complexity index is 1030. The van der Waals surface area contributed by atoms with Crippen LogP contribution in [0.4, 0.5) is 0 Å². The maximum Gasteiger partial charge on any atom is 0.266 e. The Morgan fingerprint density at radius 1 is 1.12 bits per heavy atom. The molecule has 4 nitrogen and oxygen atoms in total. The third-order valence-electron chi connectivity index (χ3n) is 4.23. The maximum atomic E-state index is 13.3. The number of thioether (sulfide) groups is 1. The second kappa shape index (κ2) is 7.76. The predicted octanol–water partition coefficient (Wildman–Crippen LogP) is 4.76. The van der Waals surface area contributed by atoms with E-state index in [4.69, 9.17) is 10.2 Å². The van der Waals surface area contributed by atoms with Crippen molar-refractivity contribution in [1.29, 1.82) is 5.26 Å². The molecule has 0 aliphatic carbocycles. The molecule has 0 bridgehead atoms. The average Bonchev–Trinajstić information content (AvgIpc) is 2.66. The summed E-state index contributed by atoms with van der Waals surface area (Å²) in [6, 6.07) is 17.6. The van der Waals surface area contributed by atoms with Crippen LogP contribution < -0.4 is 5.56 Å². The molecule has 1 heterocycles. The zero-order valence-corrected chi connectivity index (χ0v) is 16.0. The fourth-order valence-electron chi connectivity index (χ4n) is 2.84. The van der Waals surface area contributed by atoms with Crippen LogP contribution in [-0.4, -0.2) is 15.3 Å². The third kappa shape index (κ3) is 3.51. The molecule has 0 N–H and O–H groups in total. The van der Waals surface area contributed by atoms with Crippen LogP contribution in [0.25, 0.3) is 16.6 Å². The van der Waals surface area contributed by atoms with Crippen molar-refractivity contribution in [2.45, 2.75) is 31.8 Å². The molecule has 0 saturated carbocycles. The molecule has 1 atom stereocenters. The second-order valence-electron chi connectivity index (χ2n) is 6.61. The van der Waals surface area contributed by atoms with Crippen LogP contribution in [0.5, 0.6) is 0 Å². The Labute approximate surface area is 157 Å². The van der Waals surface area contributed by atoms with E-state index >= 15 is 0 Å². The largest absolute Gasteiger partial charge is 0.268 e. The van der Waals surface area contributed by atoms with E-state index in [-0.39, 0.29) is 17.4 Å². The summed E-state index contributed by atoms with van der Waals surface area (Å²) in [5.41, 5.74) is 2.57. The summed E-state index contributed by atoms with van der Waals surface area (Å²) >= 11 is 1.45. The van der Waals surface area contributed by atoms with E-state index in [9.17, 15) is 4.79 Å². The van der Waals surface area contributed by atoms with Gasteiger partial charge in [0.2, 0.25) is 0 Å². The van der Waals surface area contributed by atoms with Gasteiger partial charge in [-0.1, -0.05) is 55.9 Å². The summed E-state index contributed by atoms with van der Waals surface area (Å²) in [5.74, 6) is 0.753. The first kappa shape index (κ1) is 18.2. The zero-order valence-electron chi connectivity index (χ0n) is 15.1. The van der Waals surface area contributed by atoms with Gasteiger partial charge >= 0.3 is 0 Å². The lowest BCUT2D eigenvalue weighted by molar-refractivity contribution is 0.776. The molecule has 132 valence electrons. The maximum absolute atomic E-state index is 13.3.